The lowest BCUT2D eigenvalue weighted by Crippen LogP contribution is -2.10. The Labute approximate surface area is 213 Å². The number of Topliss-reactive ketones (excluding diaryl/α,β-unsaturated/α-hetero) is 1. The van der Waals surface area contributed by atoms with Gasteiger partial charge < -0.3 is 0 Å². The third-order valence-electron chi connectivity index (χ3n) is 4.44. The zero-order valence-electron chi connectivity index (χ0n) is 17.2. The number of rotatable bonds is 6. The number of thioether (sulfide) groups is 1. The van der Waals surface area contributed by atoms with Crippen LogP contribution in [0.25, 0.3) is 17.1 Å². The fraction of sp³-hybridized carbons (Fsp3) is 0.0435. The topological polar surface area (TPSA) is 72.2 Å². The predicted octanol–water partition coefficient (Wildman–Crippen LogP) is 7.11. The van der Waals surface area contributed by atoms with Crippen LogP contribution in [0.5, 0.6) is 0 Å². The summed E-state index contributed by atoms with van der Waals surface area (Å²) >= 11 is 17.0. The van der Waals surface area contributed by atoms with Crippen LogP contribution >= 0.6 is 50.9 Å². The van der Waals surface area contributed by atoms with Crippen molar-refractivity contribution in [2.45, 2.75) is 12.1 Å². The number of carbonyl (C=O) groups excluding carboxylic acids is 1. The number of nitrogens with one attached hydrogen (secondary N) is 1. The monoisotopic (exact) mass is 559 g/mol. The molecule has 6 nitrogen and oxygen atoms in total. The molecule has 1 heterocycles. The van der Waals surface area contributed by atoms with Crippen LogP contribution < -0.4 is 5.43 Å². The second-order valence-corrected chi connectivity index (χ2v) is 9.51. The van der Waals surface area contributed by atoms with E-state index >= 15 is 0 Å². The summed E-state index contributed by atoms with van der Waals surface area (Å²) < 4.78 is 2.78. The number of ketones is 1. The molecule has 1 aromatic heterocycles. The van der Waals surface area contributed by atoms with E-state index in [9.17, 15) is 4.79 Å². The minimum absolute atomic E-state index is 0.210. The summed E-state index contributed by atoms with van der Waals surface area (Å²) in [5.41, 5.74) is 5.14. The summed E-state index contributed by atoms with van der Waals surface area (Å²) in [5.74, 6) is 0.312. The van der Waals surface area contributed by atoms with Gasteiger partial charge in [0.05, 0.1) is 10.7 Å². The highest BCUT2D eigenvalue weighted by Crippen LogP contribution is 2.34. The van der Waals surface area contributed by atoms with Gasteiger partial charge in [-0.25, -0.2) is 0 Å². The van der Waals surface area contributed by atoms with Crippen molar-refractivity contribution in [3.63, 3.8) is 0 Å². The lowest BCUT2D eigenvalue weighted by molar-refractivity contribution is -0.110. The van der Waals surface area contributed by atoms with E-state index in [-0.39, 0.29) is 10.8 Å². The number of benzene rings is 3. The van der Waals surface area contributed by atoms with Gasteiger partial charge >= 0.3 is 0 Å². The van der Waals surface area contributed by atoms with Crippen molar-refractivity contribution in [2.75, 3.05) is 5.43 Å². The first kappa shape index (κ1) is 23.5. The summed E-state index contributed by atoms with van der Waals surface area (Å²) in [4.78, 5) is 12.3. The third kappa shape index (κ3) is 5.65. The van der Waals surface area contributed by atoms with Gasteiger partial charge in [-0.05, 0) is 66.4 Å². The number of anilines is 1. The van der Waals surface area contributed by atoms with Crippen molar-refractivity contribution in [3.8, 4) is 17.1 Å². The van der Waals surface area contributed by atoms with Crippen molar-refractivity contribution < 1.29 is 4.79 Å². The van der Waals surface area contributed by atoms with Gasteiger partial charge in [0.2, 0.25) is 5.16 Å². The summed E-state index contributed by atoms with van der Waals surface area (Å²) in [6, 6.07) is 22.2. The van der Waals surface area contributed by atoms with Gasteiger partial charge in [0.25, 0.3) is 0 Å². The molecule has 0 aliphatic rings. The zero-order chi connectivity index (χ0) is 23.4. The van der Waals surface area contributed by atoms with Gasteiger partial charge in [-0.1, -0.05) is 57.3 Å². The van der Waals surface area contributed by atoms with Crippen LogP contribution in [0, 0.1) is 0 Å². The highest BCUT2D eigenvalue weighted by molar-refractivity contribution is 9.10. The molecule has 10 heteroatoms. The van der Waals surface area contributed by atoms with E-state index in [1.54, 1.807) is 18.2 Å². The number of hydrogen-bond acceptors (Lipinski definition) is 6. The van der Waals surface area contributed by atoms with Crippen molar-refractivity contribution >= 4 is 67.4 Å². The Hall–Kier alpha value is -2.65. The van der Waals surface area contributed by atoms with E-state index in [0.717, 1.165) is 27.6 Å². The van der Waals surface area contributed by atoms with Crippen LogP contribution in [-0.2, 0) is 4.79 Å². The first-order valence-electron chi connectivity index (χ1n) is 9.66. The summed E-state index contributed by atoms with van der Waals surface area (Å²) in [7, 11) is 0. The largest absolute Gasteiger partial charge is 0.292 e. The van der Waals surface area contributed by atoms with Gasteiger partial charge in [-0.3, -0.25) is 14.8 Å². The maximum atomic E-state index is 12.3. The molecule has 4 rings (SSSR count). The number of hydrogen-bond donors (Lipinski definition) is 1. The third-order valence-corrected chi connectivity index (χ3v) is 6.54. The Morgan fingerprint density at radius 1 is 1.03 bits per heavy atom. The molecule has 0 saturated heterocycles. The lowest BCUT2D eigenvalue weighted by atomic mass is 10.2. The van der Waals surface area contributed by atoms with Crippen LogP contribution in [0.3, 0.4) is 0 Å². The average molecular weight is 561 g/mol. The van der Waals surface area contributed by atoms with Gasteiger partial charge in [0.1, 0.15) is 0 Å². The Morgan fingerprint density at radius 3 is 2.42 bits per heavy atom. The van der Waals surface area contributed by atoms with Crippen LogP contribution in [0.2, 0.25) is 10.0 Å². The van der Waals surface area contributed by atoms with E-state index in [0.29, 0.717) is 26.6 Å². The second kappa shape index (κ2) is 10.5. The summed E-state index contributed by atoms with van der Waals surface area (Å²) in [5, 5.41) is 14.7. The number of aromatic nitrogens is 3. The van der Waals surface area contributed by atoms with Gasteiger partial charge in [-0.15, -0.1) is 10.2 Å². The number of halogens is 3. The number of hydrazone groups is 1. The van der Waals surface area contributed by atoms with Gasteiger partial charge in [0, 0.05) is 27.7 Å². The molecule has 166 valence electrons. The summed E-state index contributed by atoms with van der Waals surface area (Å²) in [6.07, 6.45) is 0. The van der Waals surface area contributed by atoms with Crippen LogP contribution in [-0.4, -0.2) is 25.6 Å². The molecule has 0 amide bonds. The molecule has 0 atom stereocenters. The Kier molecular flexibility index (Phi) is 7.49. The number of carbonyl (C=O) groups is 1. The molecule has 33 heavy (non-hydrogen) atoms. The molecule has 0 fully saturated rings. The minimum atomic E-state index is -0.210. The molecule has 3 aromatic carbocycles. The predicted molar refractivity (Wildman–Crippen MR) is 139 cm³/mol. The first-order chi connectivity index (χ1) is 15.9. The van der Waals surface area contributed by atoms with E-state index in [1.165, 1.54) is 6.92 Å². The fourth-order valence-corrected chi connectivity index (χ4v) is 4.42. The van der Waals surface area contributed by atoms with Crippen LogP contribution in [0.1, 0.15) is 6.92 Å². The minimum Gasteiger partial charge on any atom is -0.292 e. The Morgan fingerprint density at radius 2 is 1.76 bits per heavy atom. The lowest BCUT2D eigenvalue weighted by Gasteiger charge is -2.11. The molecule has 4 aromatic rings. The van der Waals surface area contributed by atoms with Crippen LogP contribution in [0.4, 0.5) is 5.69 Å². The van der Waals surface area contributed by atoms with Crippen molar-refractivity contribution in [1.29, 1.82) is 0 Å². The van der Waals surface area contributed by atoms with Crippen molar-refractivity contribution in [3.05, 3.63) is 87.3 Å². The zero-order valence-corrected chi connectivity index (χ0v) is 21.1. The number of nitrogens with zero attached hydrogens (tertiary/aromatic N) is 4. The number of para-hydroxylation sites is 1. The molecule has 0 bridgehead atoms. The fourth-order valence-electron chi connectivity index (χ4n) is 2.89. The highest BCUT2D eigenvalue weighted by Gasteiger charge is 2.21. The molecule has 1 N–H and O–H groups in total. The normalized spacial score (nSPS) is 11.5. The highest BCUT2D eigenvalue weighted by atomic mass is 79.9. The molecule has 0 saturated carbocycles. The van der Waals surface area contributed by atoms with E-state index < -0.39 is 0 Å². The SMILES string of the molecule is CC(=O)C(=NNc1ccc(Br)cc1)Sc1nnc(-c2ccc(Cl)cc2Cl)n1-c1ccccc1. The first-order valence-corrected chi connectivity index (χ1v) is 12.0. The van der Waals surface area contributed by atoms with E-state index in [2.05, 4.69) is 36.7 Å². The van der Waals surface area contributed by atoms with E-state index in [4.69, 9.17) is 23.2 Å². The van der Waals surface area contributed by atoms with Crippen molar-refractivity contribution in [2.24, 2.45) is 5.10 Å². The maximum Gasteiger partial charge on any atom is 0.202 e. The summed E-state index contributed by atoms with van der Waals surface area (Å²) in [6.45, 7) is 1.45. The van der Waals surface area contributed by atoms with Gasteiger partial charge in [0.15, 0.2) is 16.7 Å². The molecule has 0 aliphatic carbocycles. The Balaban J connectivity index is 1.74. The van der Waals surface area contributed by atoms with Crippen molar-refractivity contribution in [1.82, 2.24) is 14.8 Å². The quantitative estimate of drug-likeness (QED) is 0.118. The average Bonchev–Trinajstić information content (AvgIpc) is 3.21. The van der Waals surface area contributed by atoms with Gasteiger partial charge in [-0.2, -0.15) is 5.10 Å². The molecule has 0 radical (unpaired) electrons. The molecule has 0 aliphatic heterocycles. The molecule has 0 spiro atoms. The molecular weight excluding hydrogens is 545 g/mol. The smallest absolute Gasteiger partial charge is 0.202 e. The second-order valence-electron chi connectivity index (χ2n) is 6.80. The van der Waals surface area contributed by atoms with E-state index in [1.807, 2.05) is 59.2 Å². The standard InChI is InChI=1S/C23H16BrCl2N5OS/c1-14(32)22(29-27-17-10-7-15(24)8-11-17)33-23-30-28-21(19-12-9-16(25)13-20(19)26)31(23)18-5-3-2-4-6-18/h2-13,27H,1H3. The molecular formula is C23H16BrCl2N5OS. The maximum absolute atomic E-state index is 12.3. The molecule has 0 unspecified atom stereocenters. The van der Waals surface area contributed by atoms with Crippen LogP contribution in [0.15, 0.2) is 87.5 Å². The Bertz CT molecular complexity index is 1330.